The summed E-state index contributed by atoms with van der Waals surface area (Å²) in [6, 6.07) is 2.87. The van der Waals surface area contributed by atoms with E-state index in [0.717, 1.165) is 43.4 Å². The molecule has 3 aromatic rings. The Kier molecular flexibility index (Phi) is 10.1. The van der Waals surface area contributed by atoms with Crippen LogP contribution in [0.1, 0.15) is 12.0 Å². The number of nitrogens with zero attached hydrogens (tertiary/aromatic N) is 3. The normalized spacial score (nSPS) is 14.8. The zero-order chi connectivity index (χ0) is 30.5. The fourth-order valence-corrected chi connectivity index (χ4v) is 5.05. The van der Waals surface area contributed by atoms with Gasteiger partial charge < -0.3 is 29.4 Å². The second kappa shape index (κ2) is 13.4. The number of benzene rings is 1. The maximum Gasteiger partial charge on any atom is 0.418 e. The lowest BCUT2D eigenvalue weighted by Gasteiger charge is -2.26. The van der Waals surface area contributed by atoms with Gasteiger partial charge in [0.1, 0.15) is 18.1 Å². The first-order chi connectivity index (χ1) is 19.8. The number of hydrogen-bond donors (Lipinski definition) is 2. The molecule has 1 aromatic carbocycles. The van der Waals surface area contributed by atoms with Crippen LogP contribution in [0.4, 0.5) is 32.4 Å². The topological polar surface area (TPSA) is 89.9 Å². The Bertz CT molecular complexity index is 1370. The van der Waals surface area contributed by atoms with Crippen molar-refractivity contribution in [1.82, 2.24) is 19.8 Å². The van der Waals surface area contributed by atoms with Crippen molar-refractivity contribution in [2.75, 3.05) is 44.9 Å². The Morgan fingerprint density at radius 2 is 1.93 bits per heavy atom. The Balaban J connectivity index is 1.49. The molecule has 1 aliphatic heterocycles. The maximum atomic E-state index is 15.0. The molecule has 230 valence electrons. The summed E-state index contributed by atoms with van der Waals surface area (Å²) in [6.45, 7) is 9.45. The molecule has 9 nitrogen and oxygen atoms in total. The molecule has 15 heteroatoms. The summed E-state index contributed by atoms with van der Waals surface area (Å²) in [6.07, 6.45) is -1.89. The Morgan fingerprint density at radius 1 is 1.19 bits per heavy atom. The highest BCUT2D eigenvalue weighted by atomic mass is 28.3. The van der Waals surface area contributed by atoms with E-state index < -0.39 is 54.4 Å². The largest absolute Gasteiger partial charge is 0.450 e. The summed E-state index contributed by atoms with van der Waals surface area (Å²) in [5.74, 6) is -3.80. The van der Waals surface area contributed by atoms with Crippen LogP contribution in [0.5, 0.6) is 11.5 Å². The zero-order valence-corrected chi connectivity index (χ0v) is 24.6. The predicted octanol–water partition coefficient (Wildman–Crippen LogP) is 6.24. The number of amides is 2. The number of anilines is 1. The molecular weight excluding hydrogens is 581 g/mol. The van der Waals surface area contributed by atoms with Crippen LogP contribution in [0, 0.1) is 11.6 Å². The molecule has 4 rings (SSSR count). The van der Waals surface area contributed by atoms with Crippen molar-refractivity contribution < 1.29 is 41.0 Å². The Labute approximate surface area is 240 Å². The van der Waals surface area contributed by atoms with Crippen molar-refractivity contribution in [2.45, 2.75) is 45.0 Å². The highest BCUT2D eigenvalue weighted by molar-refractivity contribution is 6.76. The van der Waals surface area contributed by atoms with Gasteiger partial charge in [-0.2, -0.15) is 13.2 Å². The summed E-state index contributed by atoms with van der Waals surface area (Å²) in [4.78, 5) is 18.3. The average molecular weight is 616 g/mol. The van der Waals surface area contributed by atoms with Crippen LogP contribution in [0.3, 0.4) is 0 Å². The number of halogens is 5. The lowest BCUT2D eigenvalue weighted by atomic mass is 10.2. The molecule has 1 fully saturated rings. The minimum absolute atomic E-state index is 0.111. The summed E-state index contributed by atoms with van der Waals surface area (Å²) >= 11 is 0. The van der Waals surface area contributed by atoms with Gasteiger partial charge in [-0.1, -0.05) is 19.6 Å². The number of ether oxygens (including phenoxy) is 3. The third-order valence-electron chi connectivity index (χ3n) is 6.47. The lowest BCUT2D eigenvalue weighted by molar-refractivity contribution is -0.136. The Morgan fingerprint density at radius 3 is 2.57 bits per heavy atom. The van der Waals surface area contributed by atoms with Crippen LogP contribution < -0.4 is 15.4 Å². The van der Waals surface area contributed by atoms with E-state index in [1.54, 1.807) is 0 Å². The number of carbonyl (C=O) groups excluding carboxylic acids is 1. The van der Waals surface area contributed by atoms with Crippen LogP contribution >= 0.6 is 0 Å². The van der Waals surface area contributed by atoms with Gasteiger partial charge in [0, 0.05) is 71.1 Å². The molecule has 0 radical (unpaired) electrons. The molecule has 0 aliphatic carbocycles. The quantitative estimate of drug-likeness (QED) is 0.151. The molecule has 3 heterocycles. The number of carbonyl (C=O) groups is 1. The van der Waals surface area contributed by atoms with Crippen molar-refractivity contribution in [3.8, 4) is 11.5 Å². The van der Waals surface area contributed by atoms with Gasteiger partial charge in [-0.3, -0.25) is 4.90 Å². The van der Waals surface area contributed by atoms with Gasteiger partial charge in [-0.05, 0) is 18.5 Å². The summed E-state index contributed by atoms with van der Waals surface area (Å²) in [5.41, 5.74) is -1.39. The van der Waals surface area contributed by atoms with Gasteiger partial charge in [0.05, 0.1) is 17.7 Å². The fraction of sp³-hybridized carbons (Fsp3) is 0.481. The average Bonchev–Trinajstić information content (AvgIpc) is 3.29. The highest BCUT2D eigenvalue weighted by Gasteiger charge is 2.37. The molecule has 2 N–H and O–H groups in total. The first-order valence-electron chi connectivity index (χ1n) is 13.5. The SMILES string of the molecule is C[Si](C)(C)CCOCn1cc(C(F)(F)F)c2c(Oc3c(F)cc(NC(=O)NCCN4CCCOC4)cc3F)ccnc21. The number of aromatic nitrogens is 2. The molecule has 1 aliphatic rings. The van der Waals surface area contributed by atoms with E-state index in [0.29, 0.717) is 26.5 Å². The number of pyridine rings is 1. The van der Waals surface area contributed by atoms with E-state index in [9.17, 15) is 26.7 Å². The highest BCUT2D eigenvalue weighted by Crippen LogP contribution is 2.42. The van der Waals surface area contributed by atoms with Crippen LogP contribution in [-0.4, -0.2) is 68.1 Å². The molecule has 0 atom stereocenters. The van der Waals surface area contributed by atoms with E-state index in [2.05, 4.69) is 35.3 Å². The zero-order valence-electron chi connectivity index (χ0n) is 23.6. The van der Waals surface area contributed by atoms with E-state index in [1.807, 2.05) is 4.90 Å². The minimum atomic E-state index is -4.80. The number of rotatable bonds is 11. The van der Waals surface area contributed by atoms with Gasteiger partial charge >= 0.3 is 12.2 Å². The number of nitrogens with one attached hydrogen (secondary N) is 2. The van der Waals surface area contributed by atoms with Gasteiger partial charge in [0.2, 0.25) is 0 Å². The van der Waals surface area contributed by atoms with Crippen molar-refractivity contribution >= 4 is 30.8 Å². The van der Waals surface area contributed by atoms with E-state index >= 15 is 0 Å². The first-order valence-corrected chi connectivity index (χ1v) is 17.2. The number of fused-ring (bicyclic) bond motifs is 1. The molecule has 42 heavy (non-hydrogen) atoms. The van der Waals surface area contributed by atoms with Gasteiger partial charge in [0.25, 0.3) is 0 Å². The molecule has 1 saturated heterocycles. The molecule has 2 aromatic heterocycles. The maximum absolute atomic E-state index is 15.0. The van der Waals surface area contributed by atoms with Crippen LogP contribution in [0.15, 0.2) is 30.6 Å². The second-order valence-corrected chi connectivity index (χ2v) is 16.7. The summed E-state index contributed by atoms with van der Waals surface area (Å²) < 4.78 is 89.4. The molecule has 0 unspecified atom stereocenters. The lowest BCUT2D eigenvalue weighted by Crippen LogP contribution is -2.40. The molecule has 0 bridgehead atoms. The van der Waals surface area contributed by atoms with Gasteiger partial charge in [0.15, 0.2) is 17.4 Å². The molecule has 0 spiro atoms. The fourth-order valence-electron chi connectivity index (χ4n) is 4.29. The molecule has 2 amide bonds. The minimum Gasteiger partial charge on any atom is -0.450 e. The van der Waals surface area contributed by atoms with Crippen LogP contribution in [-0.2, 0) is 22.4 Å². The molecule has 0 saturated carbocycles. The monoisotopic (exact) mass is 615 g/mol. The molecular formula is C27H34F5N5O4Si. The number of alkyl halides is 3. The number of hydrogen-bond acceptors (Lipinski definition) is 6. The van der Waals surface area contributed by atoms with Crippen molar-refractivity contribution in [2.24, 2.45) is 0 Å². The van der Waals surface area contributed by atoms with Crippen LogP contribution in [0.2, 0.25) is 25.7 Å². The van der Waals surface area contributed by atoms with Crippen molar-refractivity contribution in [1.29, 1.82) is 0 Å². The van der Waals surface area contributed by atoms with E-state index in [4.69, 9.17) is 14.2 Å². The van der Waals surface area contributed by atoms with E-state index in [-0.39, 0.29) is 24.6 Å². The third kappa shape index (κ3) is 8.39. The third-order valence-corrected chi connectivity index (χ3v) is 8.17. The second-order valence-electron chi connectivity index (χ2n) is 11.1. The summed E-state index contributed by atoms with van der Waals surface area (Å²) in [7, 11) is -1.42. The first kappa shape index (κ1) is 31.7. The van der Waals surface area contributed by atoms with Crippen molar-refractivity contribution in [3.05, 3.63) is 47.8 Å². The Hall–Kier alpha value is -3.27. The predicted molar refractivity (Wildman–Crippen MR) is 149 cm³/mol. The smallest absolute Gasteiger partial charge is 0.418 e. The summed E-state index contributed by atoms with van der Waals surface area (Å²) in [5, 5.41) is 4.47. The number of urea groups is 1. The van der Waals surface area contributed by atoms with Gasteiger partial charge in [-0.25, -0.2) is 18.6 Å². The van der Waals surface area contributed by atoms with Gasteiger partial charge in [-0.15, -0.1) is 0 Å². The van der Waals surface area contributed by atoms with E-state index in [1.165, 1.54) is 10.8 Å². The van der Waals surface area contributed by atoms with Crippen molar-refractivity contribution in [3.63, 3.8) is 0 Å². The standard InChI is InChI=1S/C27H34F5N5O4Si/c1-42(2,3)12-11-40-17-37-15-19(27(30,31)32)23-22(5-6-33-25(23)37)41-24-20(28)13-18(14-21(24)29)35-26(38)34-7-9-36-8-4-10-39-16-36/h5-6,13-15H,4,7-12,16-17H2,1-3H3,(H2,34,35,38). The van der Waals surface area contributed by atoms with Crippen LogP contribution in [0.25, 0.3) is 11.0 Å².